The van der Waals surface area contributed by atoms with Crippen molar-refractivity contribution in [2.75, 3.05) is 13.1 Å². The molecule has 2 amide bonds. The van der Waals surface area contributed by atoms with Gasteiger partial charge in [-0.25, -0.2) is 4.79 Å². The fourth-order valence-electron chi connectivity index (χ4n) is 2.56. The number of carbonyl (C=O) groups is 1. The topological polar surface area (TPSA) is 58.4 Å². The quantitative estimate of drug-likeness (QED) is 0.942. The summed E-state index contributed by atoms with van der Waals surface area (Å²) in [7, 11) is 0. The minimum absolute atomic E-state index is 0.0317. The van der Waals surface area contributed by atoms with Gasteiger partial charge in [0, 0.05) is 35.7 Å². The van der Waals surface area contributed by atoms with Gasteiger partial charge in [-0.3, -0.25) is 0 Å². The van der Waals surface area contributed by atoms with Crippen LogP contribution in [-0.2, 0) is 13.0 Å². The van der Waals surface area contributed by atoms with Crippen LogP contribution in [0.3, 0.4) is 0 Å². The van der Waals surface area contributed by atoms with E-state index in [4.69, 9.17) is 16.1 Å². The van der Waals surface area contributed by atoms with Crippen molar-refractivity contribution in [1.82, 2.24) is 15.4 Å². The van der Waals surface area contributed by atoms with Gasteiger partial charge < -0.3 is 14.7 Å². The van der Waals surface area contributed by atoms with Crippen LogP contribution < -0.4 is 5.32 Å². The molecule has 0 bridgehead atoms. The van der Waals surface area contributed by atoms with Gasteiger partial charge in [-0.1, -0.05) is 35.8 Å². The van der Waals surface area contributed by atoms with Crippen LogP contribution in [0, 0.1) is 0 Å². The maximum Gasteiger partial charge on any atom is 0.317 e. The number of fused-ring (bicyclic) bond motifs is 1. The predicted octanol–water partition coefficient (Wildman–Crippen LogP) is 3.47. The number of nitrogens with zero attached hydrogens (tertiary/aromatic N) is 2. The molecule has 0 saturated heterocycles. The average Bonchev–Trinajstić information content (AvgIpc) is 2.96. The van der Waals surface area contributed by atoms with E-state index in [0.717, 1.165) is 29.0 Å². The van der Waals surface area contributed by atoms with Crippen LogP contribution in [-0.4, -0.2) is 29.2 Å². The zero-order chi connectivity index (χ0) is 15.5. The van der Waals surface area contributed by atoms with Crippen molar-refractivity contribution in [2.45, 2.75) is 26.3 Å². The van der Waals surface area contributed by atoms with Crippen molar-refractivity contribution in [2.24, 2.45) is 0 Å². The van der Waals surface area contributed by atoms with Crippen LogP contribution in [0.2, 0.25) is 5.02 Å². The second-order valence-electron chi connectivity index (χ2n) is 5.34. The average molecular weight is 320 g/mol. The van der Waals surface area contributed by atoms with Crippen LogP contribution in [0.5, 0.6) is 0 Å². The maximum absolute atomic E-state index is 12.1. The third-order valence-electron chi connectivity index (χ3n) is 3.76. The molecule has 0 radical (unpaired) electrons. The van der Waals surface area contributed by atoms with Crippen LogP contribution in [0.4, 0.5) is 4.79 Å². The summed E-state index contributed by atoms with van der Waals surface area (Å²) < 4.78 is 5.44. The Morgan fingerprint density at radius 1 is 1.41 bits per heavy atom. The molecular formula is C16H18ClN3O2. The van der Waals surface area contributed by atoms with Gasteiger partial charge in [-0.05, 0) is 18.6 Å². The van der Waals surface area contributed by atoms with Gasteiger partial charge in [0.1, 0.15) is 11.5 Å². The normalized spacial score (nSPS) is 13.8. The summed E-state index contributed by atoms with van der Waals surface area (Å²) in [6, 6.07) is 7.45. The molecular weight excluding hydrogens is 302 g/mol. The second kappa shape index (κ2) is 6.40. The lowest BCUT2D eigenvalue weighted by Gasteiger charge is -2.26. The van der Waals surface area contributed by atoms with Crippen LogP contribution >= 0.6 is 11.6 Å². The highest BCUT2D eigenvalue weighted by Crippen LogP contribution is 2.30. The van der Waals surface area contributed by atoms with E-state index < -0.39 is 0 Å². The van der Waals surface area contributed by atoms with Crippen molar-refractivity contribution >= 4 is 17.6 Å². The predicted molar refractivity (Wildman–Crippen MR) is 84.8 cm³/mol. The summed E-state index contributed by atoms with van der Waals surface area (Å²) >= 11 is 5.92. The summed E-state index contributed by atoms with van der Waals surface area (Å²) in [4.78, 5) is 13.9. The Kier molecular flexibility index (Phi) is 4.34. The molecule has 1 N–H and O–H groups in total. The molecule has 0 saturated carbocycles. The molecule has 0 spiro atoms. The van der Waals surface area contributed by atoms with E-state index >= 15 is 0 Å². The monoisotopic (exact) mass is 319 g/mol. The standard InChI is InChI=1S/C16H18ClN3O2/c1-2-8-18-16(21)20-9-7-14-13(10-20)15(19-22-14)11-3-5-12(17)6-4-11/h3-6H,2,7-10H2,1H3,(H,18,21). The van der Waals surface area contributed by atoms with Crippen molar-refractivity contribution in [3.63, 3.8) is 0 Å². The molecule has 1 aliphatic rings. The number of rotatable bonds is 3. The lowest BCUT2D eigenvalue weighted by molar-refractivity contribution is 0.189. The highest BCUT2D eigenvalue weighted by Gasteiger charge is 2.27. The van der Waals surface area contributed by atoms with E-state index in [-0.39, 0.29) is 6.03 Å². The van der Waals surface area contributed by atoms with Crippen molar-refractivity contribution < 1.29 is 9.32 Å². The number of benzene rings is 1. The number of aromatic nitrogens is 1. The Bertz CT molecular complexity index is 667. The number of carbonyl (C=O) groups excluding carboxylic acids is 1. The molecule has 0 fully saturated rings. The molecule has 1 aliphatic heterocycles. The fraction of sp³-hybridized carbons (Fsp3) is 0.375. The van der Waals surface area contributed by atoms with Crippen molar-refractivity contribution in [3.05, 3.63) is 40.6 Å². The van der Waals surface area contributed by atoms with Gasteiger partial charge in [0.15, 0.2) is 0 Å². The van der Waals surface area contributed by atoms with Crippen LogP contribution in [0.15, 0.2) is 28.8 Å². The molecule has 0 atom stereocenters. The Labute approximate surface area is 134 Å². The molecule has 0 unspecified atom stereocenters. The van der Waals surface area contributed by atoms with Crippen LogP contribution in [0.1, 0.15) is 24.7 Å². The zero-order valence-corrected chi connectivity index (χ0v) is 13.2. The summed E-state index contributed by atoms with van der Waals surface area (Å²) in [6.45, 7) is 3.90. The molecule has 6 heteroatoms. The minimum Gasteiger partial charge on any atom is -0.360 e. The lowest BCUT2D eigenvalue weighted by Crippen LogP contribution is -2.42. The molecule has 1 aromatic carbocycles. The largest absolute Gasteiger partial charge is 0.360 e. The highest BCUT2D eigenvalue weighted by atomic mass is 35.5. The Hall–Kier alpha value is -2.01. The van der Waals surface area contributed by atoms with Gasteiger partial charge in [0.2, 0.25) is 0 Å². The molecule has 116 valence electrons. The third-order valence-corrected chi connectivity index (χ3v) is 4.01. The molecule has 0 aliphatic carbocycles. The number of urea groups is 1. The zero-order valence-electron chi connectivity index (χ0n) is 12.4. The van der Waals surface area contributed by atoms with Gasteiger partial charge in [0.25, 0.3) is 0 Å². The van der Waals surface area contributed by atoms with Crippen LogP contribution in [0.25, 0.3) is 11.3 Å². The maximum atomic E-state index is 12.1. The first-order valence-corrected chi connectivity index (χ1v) is 7.83. The van der Waals surface area contributed by atoms with E-state index in [0.29, 0.717) is 31.1 Å². The number of hydrogen-bond donors (Lipinski definition) is 1. The first-order valence-electron chi connectivity index (χ1n) is 7.45. The summed E-state index contributed by atoms with van der Waals surface area (Å²) in [5, 5.41) is 7.77. The third kappa shape index (κ3) is 2.95. The lowest BCUT2D eigenvalue weighted by atomic mass is 10.0. The van der Waals surface area contributed by atoms with Gasteiger partial charge in [0.05, 0.1) is 6.54 Å². The minimum atomic E-state index is -0.0317. The number of hydrogen-bond acceptors (Lipinski definition) is 3. The van der Waals surface area contributed by atoms with Crippen molar-refractivity contribution in [1.29, 1.82) is 0 Å². The van der Waals surface area contributed by atoms with Crippen molar-refractivity contribution in [3.8, 4) is 11.3 Å². The SMILES string of the molecule is CCCNC(=O)N1CCc2onc(-c3ccc(Cl)cc3)c2C1. The Morgan fingerprint density at radius 2 is 2.18 bits per heavy atom. The molecule has 1 aromatic heterocycles. The molecule has 22 heavy (non-hydrogen) atoms. The number of amides is 2. The molecule has 5 nitrogen and oxygen atoms in total. The molecule has 2 heterocycles. The van der Waals surface area contributed by atoms with E-state index in [1.54, 1.807) is 4.90 Å². The van der Waals surface area contributed by atoms with E-state index in [9.17, 15) is 4.79 Å². The first-order chi connectivity index (χ1) is 10.7. The summed E-state index contributed by atoms with van der Waals surface area (Å²) in [5.41, 5.74) is 2.73. The number of nitrogens with one attached hydrogen (secondary N) is 1. The second-order valence-corrected chi connectivity index (χ2v) is 5.78. The van der Waals surface area contributed by atoms with E-state index in [1.165, 1.54) is 0 Å². The van der Waals surface area contributed by atoms with Gasteiger partial charge in [-0.2, -0.15) is 0 Å². The fourth-order valence-corrected chi connectivity index (χ4v) is 2.69. The summed E-state index contributed by atoms with van der Waals surface area (Å²) in [6.07, 6.45) is 1.61. The highest BCUT2D eigenvalue weighted by molar-refractivity contribution is 6.30. The smallest absolute Gasteiger partial charge is 0.317 e. The van der Waals surface area contributed by atoms with E-state index in [2.05, 4.69) is 10.5 Å². The Morgan fingerprint density at radius 3 is 2.91 bits per heavy atom. The molecule has 2 aromatic rings. The number of halogens is 1. The first kappa shape index (κ1) is 14.9. The van der Waals surface area contributed by atoms with Gasteiger partial charge >= 0.3 is 6.03 Å². The Balaban J connectivity index is 1.82. The summed E-state index contributed by atoms with van der Waals surface area (Å²) in [5.74, 6) is 0.865. The molecule has 3 rings (SSSR count). The van der Waals surface area contributed by atoms with Gasteiger partial charge in [-0.15, -0.1) is 0 Å². The van der Waals surface area contributed by atoms with E-state index in [1.807, 2.05) is 31.2 Å².